The molecule has 5 heteroatoms. The fourth-order valence-corrected chi connectivity index (χ4v) is 2.69. The summed E-state index contributed by atoms with van der Waals surface area (Å²) in [6.07, 6.45) is 1.08. The van der Waals surface area contributed by atoms with Crippen molar-refractivity contribution in [3.63, 3.8) is 0 Å². The van der Waals surface area contributed by atoms with Gasteiger partial charge in [0, 0.05) is 24.6 Å². The van der Waals surface area contributed by atoms with Crippen LogP contribution in [-0.2, 0) is 4.74 Å². The fourth-order valence-electron chi connectivity index (χ4n) is 2.69. The maximum atomic E-state index is 12.3. The van der Waals surface area contributed by atoms with Gasteiger partial charge in [0.15, 0.2) is 0 Å². The molecular weight excluding hydrogens is 266 g/mol. The summed E-state index contributed by atoms with van der Waals surface area (Å²) < 4.78 is 5.68. The van der Waals surface area contributed by atoms with Crippen LogP contribution in [-0.4, -0.2) is 36.2 Å². The molecule has 0 aromatic carbocycles. The van der Waals surface area contributed by atoms with Gasteiger partial charge in [0.05, 0.1) is 6.10 Å². The highest BCUT2D eigenvalue weighted by Gasteiger charge is 2.49. The number of nitrogens with one attached hydrogen (secondary N) is 2. The van der Waals surface area contributed by atoms with Crippen molar-refractivity contribution >= 4 is 11.7 Å². The van der Waals surface area contributed by atoms with Gasteiger partial charge >= 0.3 is 0 Å². The van der Waals surface area contributed by atoms with Crippen molar-refractivity contribution in [3.8, 4) is 0 Å². The third kappa shape index (κ3) is 3.35. The highest BCUT2D eigenvalue weighted by atomic mass is 16.5. The first-order valence-corrected chi connectivity index (χ1v) is 7.62. The molecule has 21 heavy (non-hydrogen) atoms. The van der Waals surface area contributed by atoms with Crippen LogP contribution in [0.2, 0.25) is 0 Å². The number of hydrogen-bond acceptors (Lipinski definition) is 4. The number of aromatic nitrogens is 1. The number of carbonyl (C=O) groups excluding carboxylic acids is 1. The monoisotopic (exact) mass is 291 g/mol. The van der Waals surface area contributed by atoms with Gasteiger partial charge in [-0.15, -0.1) is 0 Å². The van der Waals surface area contributed by atoms with Crippen molar-refractivity contribution in [3.05, 3.63) is 23.9 Å². The van der Waals surface area contributed by atoms with Gasteiger partial charge < -0.3 is 15.4 Å². The van der Waals surface area contributed by atoms with Crippen LogP contribution in [0.4, 0.5) is 5.82 Å². The number of ether oxygens (including phenoxy) is 1. The van der Waals surface area contributed by atoms with Crippen molar-refractivity contribution in [1.82, 2.24) is 10.3 Å². The predicted octanol–water partition coefficient (Wildman–Crippen LogP) is 2.45. The SMILES string of the molecule is CCNc1cccc(C(=O)NC2CC(OCC)C2(C)C)n1. The summed E-state index contributed by atoms with van der Waals surface area (Å²) in [6, 6.07) is 5.57. The Labute approximate surface area is 126 Å². The Kier molecular flexibility index (Phi) is 4.83. The van der Waals surface area contributed by atoms with E-state index >= 15 is 0 Å². The largest absolute Gasteiger partial charge is 0.378 e. The average molecular weight is 291 g/mol. The minimum atomic E-state index is -0.122. The van der Waals surface area contributed by atoms with Crippen LogP contribution >= 0.6 is 0 Å². The van der Waals surface area contributed by atoms with Crippen LogP contribution in [0.15, 0.2) is 18.2 Å². The second kappa shape index (κ2) is 6.43. The maximum absolute atomic E-state index is 12.3. The molecule has 1 aromatic rings. The van der Waals surface area contributed by atoms with E-state index in [2.05, 4.69) is 29.5 Å². The summed E-state index contributed by atoms with van der Waals surface area (Å²) in [5.74, 6) is 0.605. The van der Waals surface area contributed by atoms with Crippen LogP contribution in [0, 0.1) is 5.41 Å². The molecule has 2 rings (SSSR count). The summed E-state index contributed by atoms with van der Waals surface area (Å²) in [6.45, 7) is 9.75. The number of nitrogens with zero attached hydrogens (tertiary/aromatic N) is 1. The molecule has 2 atom stereocenters. The smallest absolute Gasteiger partial charge is 0.270 e. The van der Waals surface area contributed by atoms with Crippen molar-refractivity contribution in [2.24, 2.45) is 5.41 Å². The first-order chi connectivity index (χ1) is 9.98. The molecule has 0 aliphatic heterocycles. The summed E-state index contributed by atoms with van der Waals surface area (Å²) in [4.78, 5) is 16.6. The number of carbonyl (C=O) groups is 1. The van der Waals surface area contributed by atoms with Crippen molar-refractivity contribution in [2.75, 3.05) is 18.5 Å². The number of rotatable bonds is 6. The standard InChI is InChI=1S/C16H25N3O2/c1-5-17-14-9-7-8-11(18-14)15(20)19-12-10-13(21-6-2)16(12,3)4/h7-9,12-13H,5-6,10H2,1-4H3,(H,17,18)(H,19,20). The van der Waals surface area contributed by atoms with E-state index in [4.69, 9.17) is 4.74 Å². The summed E-state index contributed by atoms with van der Waals surface area (Å²) >= 11 is 0. The lowest BCUT2D eigenvalue weighted by molar-refractivity contribution is -0.111. The summed E-state index contributed by atoms with van der Waals surface area (Å²) in [7, 11) is 0. The molecule has 0 radical (unpaired) electrons. The van der Waals surface area contributed by atoms with E-state index in [0.29, 0.717) is 12.3 Å². The molecule has 0 saturated heterocycles. The molecule has 0 spiro atoms. The Hall–Kier alpha value is -1.62. The molecule has 1 aromatic heterocycles. The summed E-state index contributed by atoms with van der Waals surface area (Å²) in [5, 5.41) is 6.18. The lowest BCUT2D eigenvalue weighted by Crippen LogP contribution is -2.62. The Balaban J connectivity index is 1.98. The quantitative estimate of drug-likeness (QED) is 0.845. The highest BCUT2D eigenvalue weighted by molar-refractivity contribution is 5.93. The molecule has 1 fully saturated rings. The highest BCUT2D eigenvalue weighted by Crippen LogP contribution is 2.42. The van der Waals surface area contributed by atoms with Gasteiger partial charge in [-0.25, -0.2) is 4.98 Å². The van der Waals surface area contributed by atoms with Gasteiger partial charge in [0.2, 0.25) is 0 Å². The first-order valence-electron chi connectivity index (χ1n) is 7.62. The van der Waals surface area contributed by atoms with E-state index in [1.54, 1.807) is 6.07 Å². The molecule has 5 nitrogen and oxygen atoms in total. The van der Waals surface area contributed by atoms with Crippen molar-refractivity contribution < 1.29 is 9.53 Å². The third-order valence-electron chi connectivity index (χ3n) is 4.19. The van der Waals surface area contributed by atoms with E-state index in [1.807, 2.05) is 26.0 Å². The topological polar surface area (TPSA) is 63.2 Å². The lowest BCUT2D eigenvalue weighted by atomic mass is 9.64. The maximum Gasteiger partial charge on any atom is 0.270 e. The van der Waals surface area contributed by atoms with Crippen LogP contribution in [0.25, 0.3) is 0 Å². The summed E-state index contributed by atoms with van der Waals surface area (Å²) in [5.41, 5.74) is 0.411. The van der Waals surface area contributed by atoms with Gasteiger partial charge in [-0.3, -0.25) is 4.79 Å². The lowest BCUT2D eigenvalue weighted by Gasteiger charge is -2.51. The minimum Gasteiger partial charge on any atom is -0.378 e. The molecule has 116 valence electrons. The third-order valence-corrected chi connectivity index (χ3v) is 4.19. The number of pyridine rings is 1. The Morgan fingerprint density at radius 3 is 2.81 bits per heavy atom. The number of anilines is 1. The normalized spacial score (nSPS) is 23.2. The van der Waals surface area contributed by atoms with Gasteiger partial charge in [-0.05, 0) is 32.4 Å². The van der Waals surface area contributed by atoms with Gasteiger partial charge in [-0.2, -0.15) is 0 Å². The Bertz CT molecular complexity index is 502. The zero-order chi connectivity index (χ0) is 15.5. The number of amides is 1. The molecule has 2 N–H and O–H groups in total. The molecule has 0 bridgehead atoms. The van der Waals surface area contributed by atoms with Crippen LogP contribution < -0.4 is 10.6 Å². The predicted molar refractivity (Wildman–Crippen MR) is 83.5 cm³/mol. The second-order valence-corrected chi connectivity index (χ2v) is 5.97. The molecule has 1 amide bonds. The van der Waals surface area contributed by atoms with Crippen LogP contribution in [0.1, 0.15) is 44.6 Å². The second-order valence-electron chi connectivity index (χ2n) is 5.97. The first kappa shape index (κ1) is 15.8. The molecule has 1 aliphatic rings. The van der Waals surface area contributed by atoms with Gasteiger partial charge in [0.25, 0.3) is 5.91 Å². The molecule has 2 unspecified atom stereocenters. The van der Waals surface area contributed by atoms with E-state index < -0.39 is 0 Å². The van der Waals surface area contributed by atoms with Gasteiger partial charge in [0.1, 0.15) is 11.5 Å². The molecule has 1 saturated carbocycles. The fraction of sp³-hybridized carbons (Fsp3) is 0.625. The Morgan fingerprint density at radius 1 is 1.43 bits per heavy atom. The number of hydrogen-bond donors (Lipinski definition) is 2. The van der Waals surface area contributed by atoms with Crippen molar-refractivity contribution in [1.29, 1.82) is 0 Å². The Morgan fingerprint density at radius 2 is 2.19 bits per heavy atom. The van der Waals surface area contributed by atoms with E-state index in [-0.39, 0.29) is 23.5 Å². The van der Waals surface area contributed by atoms with Crippen molar-refractivity contribution in [2.45, 2.75) is 46.3 Å². The molecule has 1 aliphatic carbocycles. The van der Waals surface area contributed by atoms with Crippen LogP contribution in [0.3, 0.4) is 0 Å². The minimum absolute atomic E-state index is 0.0368. The zero-order valence-electron chi connectivity index (χ0n) is 13.3. The van der Waals surface area contributed by atoms with Gasteiger partial charge in [-0.1, -0.05) is 19.9 Å². The van der Waals surface area contributed by atoms with E-state index in [0.717, 1.165) is 18.8 Å². The van der Waals surface area contributed by atoms with Crippen LogP contribution in [0.5, 0.6) is 0 Å². The van der Waals surface area contributed by atoms with E-state index in [1.165, 1.54) is 0 Å². The molecule has 1 heterocycles. The molecular formula is C16H25N3O2. The van der Waals surface area contributed by atoms with E-state index in [9.17, 15) is 4.79 Å². The average Bonchev–Trinajstić information content (AvgIpc) is 2.46. The zero-order valence-corrected chi connectivity index (χ0v) is 13.3.